The molecule has 3 heterocycles. The van der Waals surface area contributed by atoms with Gasteiger partial charge >= 0.3 is 5.97 Å². The number of aromatic nitrogens is 3. The maximum atomic E-state index is 12.9. The molecule has 0 radical (unpaired) electrons. The Labute approximate surface area is 196 Å². The lowest BCUT2D eigenvalue weighted by Gasteiger charge is -2.01. The summed E-state index contributed by atoms with van der Waals surface area (Å²) in [6, 6.07) is 17.8. The van der Waals surface area contributed by atoms with Gasteiger partial charge in [0.15, 0.2) is 5.69 Å². The highest BCUT2D eigenvalue weighted by Gasteiger charge is 2.15. The monoisotopic (exact) mass is 475 g/mol. The van der Waals surface area contributed by atoms with Crippen LogP contribution >= 0.6 is 22.9 Å². The number of carbonyl (C=O) groups is 2. The van der Waals surface area contributed by atoms with Crippen molar-refractivity contribution in [1.82, 2.24) is 14.5 Å². The van der Waals surface area contributed by atoms with Crippen molar-refractivity contribution in [2.24, 2.45) is 0 Å². The van der Waals surface area contributed by atoms with Crippen LogP contribution in [0.25, 0.3) is 27.8 Å². The molecule has 0 unspecified atom stereocenters. The number of aromatic carboxylic acids is 1. The van der Waals surface area contributed by atoms with Crippen LogP contribution in [0.1, 0.15) is 26.5 Å². The molecule has 3 aromatic heterocycles. The Hall–Kier alpha value is -4.01. The fourth-order valence-electron chi connectivity index (χ4n) is 3.21. The van der Waals surface area contributed by atoms with Gasteiger partial charge in [-0.1, -0.05) is 48.0 Å². The van der Waals surface area contributed by atoms with Gasteiger partial charge in [0.2, 0.25) is 11.7 Å². The molecular weight excluding hydrogens is 462 g/mol. The van der Waals surface area contributed by atoms with Crippen molar-refractivity contribution in [1.29, 1.82) is 0 Å². The molecule has 0 saturated carbocycles. The maximum absolute atomic E-state index is 12.9. The molecule has 0 bridgehead atoms. The van der Waals surface area contributed by atoms with Crippen LogP contribution in [0.2, 0.25) is 5.02 Å². The number of imidazole rings is 1. The fourth-order valence-corrected chi connectivity index (χ4v) is 4.14. The van der Waals surface area contributed by atoms with E-state index in [4.69, 9.17) is 21.1 Å². The van der Waals surface area contributed by atoms with E-state index in [1.54, 1.807) is 53.9 Å². The highest BCUT2D eigenvalue weighted by molar-refractivity contribution is 7.13. The van der Waals surface area contributed by atoms with E-state index in [0.717, 1.165) is 16.1 Å². The Bertz CT molecular complexity index is 1470. The molecule has 0 aliphatic rings. The molecule has 7 nitrogen and oxygen atoms in total. The van der Waals surface area contributed by atoms with Gasteiger partial charge in [0.05, 0.1) is 0 Å². The van der Waals surface area contributed by atoms with Crippen LogP contribution in [0.3, 0.4) is 0 Å². The van der Waals surface area contributed by atoms with Gasteiger partial charge in [-0.15, -0.1) is 11.3 Å². The highest BCUT2D eigenvalue weighted by atomic mass is 35.5. The topological polar surface area (TPSA) is 98.2 Å². The summed E-state index contributed by atoms with van der Waals surface area (Å²) in [5.41, 5.74) is 2.50. The summed E-state index contributed by atoms with van der Waals surface area (Å²) < 4.78 is 7.31. The van der Waals surface area contributed by atoms with Crippen LogP contribution in [0.15, 0.2) is 83.0 Å². The number of hydrogen-bond acceptors (Lipinski definition) is 6. The van der Waals surface area contributed by atoms with Gasteiger partial charge in [0, 0.05) is 39.4 Å². The SMILES string of the molecule is O=C(O)c1cn(-c2ccc(-c3ccc(C(=O)c4csc(-c5ccc(Cl)cc5)n4)cc3)o2)cn1. The smallest absolute Gasteiger partial charge is 0.356 e. The molecule has 162 valence electrons. The number of carboxylic acids is 1. The zero-order valence-electron chi connectivity index (χ0n) is 16.8. The molecule has 5 aromatic rings. The Kier molecular flexibility index (Phi) is 5.37. The van der Waals surface area contributed by atoms with Crippen LogP contribution in [0, 0.1) is 0 Å². The van der Waals surface area contributed by atoms with Crippen molar-refractivity contribution in [3.05, 3.63) is 101 Å². The predicted molar refractivity (Wildman–Crippen MR) is 124 cm³/mol. The third-order valence-corrected chi connectivity index (χ3v) is 6.05. The fraction of sp³-hybridized carbons (Fsp3) is 0. The van der Waals surface area contributed by atoms with Gasteiger partial charge in [-0.25, -0.2) is 14.8 Å². The molecule has 2 aromatic carbocycles. The summed E-state index contributed by atoms with van der Waals surface area (Å²) in [5.74, 6) is -0.269. The van der Waals surface area contributed by atoms with Gasteiger partial charge < -0.3 is 9.52 Å². The van der Waals surface area contributed by atoms with Gasteiger partial charge in [0.25, 0.3) is 0 Å². The van der Waals surface area contributed by atoms with E-state index in [0.29, 0.717) is 27.9 Å². The van der Waals surface area contributed by atoms with Gasteiger partial charge in [-0.3, -0.25) is 9.36 Å². The van der Waals surface area contributed by atoms with Crippen molar-refractivity contribution < 1.29 is 19.1 Å². The minimum atomic E-state index is -1.11. The number of nitrogens with zero attached hydrogens (tertiary/aromatic N) is 3. The Morgan fingerprint density at radius 1 is 0.939 bits per heavy atom. The largest absolute Gasteiger partial charge is 0.476 e. The second-order valence-corrected chi connectivity index (χ2v) is 8.36. The quantitative estimate of drug-likeness (QED) is 0.310. The van der Waals surface area contributed by atoms with Crippen molar-refractivity contribution >= 4 is 34.7 Å². The van der Waals surface area contributed by atoms with E-state index < -0.39 is 5.97 Å². The van der Waals surface area contributed by atoms with Crippen LogP contribution in [0.4, 0.5) is 0 Å². The molecule has 0 aliphatic carbocycles. The first-order chi connectivity index (χ1) is 16.0. The number of rotatable bonds is 6. The molecule has 0 aliphatic heterocycles. The summed E-state index contributed by atoms with van der Waals surface area (Å²) in [6.45, 7) is 0. The lowest BCUT2D eigenvalue weighted by atomic mass is 10.1. The number of halogens is 1. The Morgan fingerprint density at radius 2 is 1.67 bits per heavy atom. The van der Waals surface area contributed by atoms with Crippen LogP contribution in [-0.2, 0) is 0 Å². The van der Waals surface area contributed by atoms with Crippen molar-refractivity contribution in [3.63, 3.8) is 0 Å². The van der Waals surface area contributed by atoms with E-state index >= 15 is 0 Å². The highest BCUT2D eigenvalue weighted by Crippen LogP contribution is 2.28. The predicted octanol–water partition coefficient (Wildman–Crippen LogP) is 5.84. The normalized spacial score (nSPS) is 10.9. The molecule has 9 heteroatoms. The van der Waals surface area contributed by atoms with Gasteiger partial charge in [-0.05, 0) is 18.2 Å². The number of carboxylic acid groups (broad SMARTS) is 1. The summed E-state index contributed by atoms with van der Waals surface area (Å²) in [7, 11) is 0. The molecule has 1 N–H and O–H groups in total. The minimum absolute atomic E-state index is 0.0722. The number of ketones is 1. The average molecular weight is 476 g/mol. The molecule has 5 rings (SSSR count). The lowest BCUT2D eigenvalue weighted by Crippen LogP contribution is -2.01. The minimum Gasteiger partial charge on any atom is -0.476 e. The third kappa shape index (κ3) is 4.21. The average Bonchev–Trinajstić information content (AvgIpc) is 3.59. The number of carbonyl (C=O) groups excluding carboxylic acids is 1. The van der Waals surface area contributed by atoms with Crippen molar-refractivity contribution in [2.75, 3.05) is 0 Å². The first kappa shape index (κ1) is 20.9. The van der Waals surface area contributed by atoms with Crippen molar-refractivity contribution in [3.8, 4) is 27.8 Å². The molecule has 0 spiro atoms. The standard InChI is InChI=1S/C24H14ClN3O4S/c25-17-7-5-16(6-8-17)23-27-19(12-33-23)22(29)15-3-1-14(2-4-15)20-9-10-21(32-20)28-11-18(24(30)31)26-13-28/h1-13H,(H,30,31). The molecule has 33 heavy (non-hydrogen) atoms. The zero-order valence-corrected chi connectivity index (χ0v) is 18.4. The first-order valence-electron chi connectivity index (χ1n) is 9.72. The lowest BCUT2D eigenvalue weighted by molar-refractivity contribution is 0.0691. The zero-order chi connectivity index (χ0) is 22.9. The molecule has 0 amide bonds. The maximum Gasteiger partial charge on any atom is 0.356 e. The van der Waals surface area contributed by atoms with Gasteiger partial charge in [0.1, 0.15) is 22.8 Å². The van der Waals surface area contributed by atoms with E-state index in [9.17, 15) is 9.59 Å². The second-order valence-electron chi connectivity index (χ2n) is 7.06. The van der Waals surface area contributed by atoms with Crippen LogP contribution < -0.4 is 0 Å². The second kappa shape index (κ2) is 8.50. The summed E-state index contributed by atoms with van der Waals surface area (Å²) in [5, 5.41) is 12.1. The number of furan rings is 1. The molecule has 0 atom stereocenters. The van der Waals surface area contributed by atoms with E-state index in [1.807, 2.05) is 12.1 Å². The van der Waals surface area contributed by atoms with Gasteiger partial charge in [-0.2, -0.15) is 0 Å². The molecular formula is C24H14ClN3O4S. The third-order valence-electron chi connectivity index (χ3n) is 4.91. The van der Waals surface area contributed by atoms with Crippen LogP contribution in [0.5, 0.6) is 0 Å². The van der Waals surface area contributed by atoms with E-state index in [2.05, 4.69) is 9.97 Å². The Balaban J connectivity index is 1.33. The number of thiazole rings is 1. The molecule has 0 fully saturated rings. The first-order valence-corrected chi connectivity index (χ1v) is 11.0. The summed E-state index contributed by atoms with van der Waals surface area (Å²) in [6.07, 6.45) is 2.75. The summed E-state index contributed by atoms with van der Waals surface area (Å²) in [4.78, 5) is 32.2. The molecule has 0 saturated heterocycles. The number of benzene rings is 2. The summed E-state index contributed by atoms with van der Waals surface area (Å²) >= 11 is 7.33. The number of hydrogen-bond donors (Lipinski definition) is 1. The van der Waals surface area contributed by atoms with Crippen molar-refractivity contribution in [2.45, 2.75) is 0 Å². The Morgan fingerprint density at radius 3 is 2.36 bits per heavy atom. The van der Waals surface area contributed by atoms with E-state index in [-0.39, 0.29) is 11.5 Å². The van der Waals surface area contributed by atoms with E-state index in [1.165, 1.54) is 28.4 Å². The van der Waals surface area contributed by atoms with Crippen LogP contribution in [-0.4, -0.2) is 31.4 Å².